The number of piperidine rings is 2. The van der Waals surface area contributed by atoms with E-state index in [-0.39, 0.29) is 11.7 Å². The van der Waals surface area contributed by atoms with Gasteiger partial charge in [-0.2, -0.15) is 0 Å². The molecule has 1 aromatic carbocycles. The standard InChI is InChI=1S/C24H32N2O4/c1-16-19-9-8-18(27)14-22(19)30-24(29)20(16)10-11-23(28)25(2)15-17-6-5-13-26-12-4-3-7-21(17)26/h8-9,14,17,21,27H,3-7,10-13,15H2,1-2H3/t17-,21+/m0/s1. The molecule has 0 radical (unpaired) electrons. The average molecular weight is 413 g/mol. The first-order valence-corrected chi connectivity index (χ1v) is 11.2. The maximum Gasteiger partial charge on any atom is 0.339 e. The van der Waals surface area contributed by atoms with Gasteiger partial charge in [0.15, 0.2) is 0 Å². The van der Waals surface area contributed by atoms with E-state index >= 15 is 0 Å². The number of benzene rings is 1. The highest BCUT2D eigenvalue weighted by atomic mass is 16.4. The Morgan fingerprint density at radius 1 is 1.23 bits per heavy atom. The maximum atomic E-state index is 12.8. The molecule has 6 heteroatoms. The minimum absolute atomic E-state index is 0.0637. The largest absolute Gasteiger partial charge is 0.508 e. The molecule has 2 fully saturated rings. The molecule has 0 unspecified atom stereocenters. The summed E-state index contributed by atoms with van der Waals surface area (Å²) in [5.74, 6) is 0.689. The van der Waals surface area contributed by atoms with Crippen molar-refractivity contribution in [3.8, 4) is 5.75 Å². The maximum absolute atomic E-state index is 12.8. The minimum atomic E-state index is -0.425. The van der Waals surface area contributed by atoms with Crippen molar-refractivity contribution in [3.63, 3.8) is 0 Å². The van der Waals surface area contributed by atoms with Crippen molar-refractivity contribution in [3.05, 3.63) is 39.7 Å². The smallest absolute Gasteiger partial charge is 0.339 e. The van der Waals surface area contributed by atoms with E-state index in [0.717, 1.165) is 17.5 Å². The van der Waals surface area contributed by atoms with E-state index in [1.165, 1.54) is 51.3 Å². The Labute approximate surface area is 177 Å². The summed E-state index contributed by atoms with van der Waals surface area (Å²) in [4.78, 5) is 29.8. The van der Waals surface area contributed by atoms with Gasteiger partial charge in [0.05, 0.1) is 0 Å². The van der Waals surface area contributed by atoms with Gasteiger partial charge in [-0.3, -0.25) is 4.79 Å². The number of hydrogen-bond acceptors (Lipinski definition) is 5. The topological polar surface area (TPSA) is 74.0 Å². The molecule has 2 aromatic rings. The van der Waals surface area contributed by atoms with Crippen molar-refractivity contribution in [2.75, 3.05) is 26.7 Å². The lowest BCUT2D eigenvalue weighted by Crippen LogP contribution is -2.51. The molecule has 2 saturated heterocycles. The van der Waals surface area contributed by atoms with Crippen LogP contribution in [0.25, 0.3) is 11.0 Å². The summed E-state index contributed by atoms with van der Waals surface area (Å²) in [6.07, 6.45) is 6.92. The number of carbonyl (C=O) groups is 1. The van der Waals surface area contributed by atoms with Crippen LogP contribution < -0.4 is 5.63 Å². The molecule has 2 aliphatic rings. The quantitative estimate of drug-likeness (QED) is 0.762. The number of fused-ring (bicyclic) bond motifs is 2. The van der Waals surface area contributed by atoms with Crippen molar-refractivity contribution in [1.82, 2.24) is 9.80 Å². The number of aryl methyl sites for hydroxylation is 1. The molecule has 0 bridgehead atoms. The first-order chi connectivity index (χ1) is 14.4. The van der Waals surface area contributed by atoms with Gasteiger partial charge in [0.2, 0.25) is 5.91 Å². The molecule has 30 heavy (non-hydrogen) atoms. The van der Waals surface area contributed by atoms with Crippen molar-refractivity contribution >= 4 is 16.9 Å². The lowest BCUT2D eigenvalue weighted by molar-refractivity contribution is -0.131. The Morgan fingerprint density at radius 2 is 2.03 bits per heavy atom. The van der Waals surface area contributed by atoms with Crippen LogP contribution in [0, 0.1) is 12.8 Å². The second kappa shape index (κ2) is 8.80. The van der Waals surface area contributed by atoms with E-state index in [9.17, 15) is 14.7 Å². The molecular formula is C24H32N2O4. The third-order valence-electron chi connectivity index (χ3n) is 7.02. The fraction of sp³-hybridized carbons (Fsp3) is 0.583. The summed E-state index contributed by atoms with van der Waals surface area (Å²) in [5, 5.41) is 10.4. The summed E-state index contributed by atoms with van der Waals surface area (Å²) in [7, 11) is 1.89. The molecule has 6 nitrogen and oxygen atoms in total. The molecule has 4 rings (SSSR count). The third-order valence-corrected chi connectivity index (χ3v) is 7.02. The zero-order chi connectivity index (χ0) is 21.3. The predicted octanol–water partition coefficient (Wildman–Crippen LogP) is 3.46. The van der Waals surface area contributed by atoms with Crippen LogP contribution in [0.5, 0.6) is 5.75 Å². The number of phenols is 1. The molecule has 162 valence electrons. The van der Waals surface area contributed by atoms with E-state index in [0.29, 0.717) is 35.9 Å². The van der Waals surface area contributed by atoms with E-state index in [2.05, 4.69) is 4.90 Å². The summed E-state index contributed by atoms with van der Waals surface area (Å²) >= 11 is 0. The second-order valence-electron chi connectivity index (χ2n) is 8.95. The number of amides is 1. The van der Waals surface area contributed by atoms with Gasteiger partial charge in [-0.05, 0) is 75.7 Å². The zero-order valence-corrected chi connectivity index (χ0v) is 18.0. The Morgan fingerprint density at radius 3 is 2.87 bits per heavy atom. The summed E-state index contributed by atoms with van der Waals surface area (Å²) in [6.45, 7) is 5.07. The van der Waals surface area contributed by atoms with Gasteiger partial charge in [0.25, 0.3) is 0 Å². The van der Waals surface area contributed by atoms with E-state index in [1.54, 1.807) is 12.1 Å². The normalized spacial score (nSPS) is 22.1. The van der Waals surface area contributed by atoms with Crippen molar-refractivity contribution in [2.24, 2.45) is 5.92 Å². The van der Waals surface area contributed by atoms with Gasteiger partial charge in [-0.1, -0.05) is 6.42 Å². The fourth-order valence-electron chi connectivity index (χ4n) is 5.34. The lowest BCUT2D eigenvalue weighted by Gasteiger charge is -2.45. The monoisotopic (exact) mass is 412 g/mol. The van der Waals surface area contributed by atoms with Crippen LogP contribution >= 0.6 is 0 Å². The van der Waals surface area contributed by atoms with Crippen LogP contribution in [0.1, 0.15) is 49.7 Å². The van der Waals surface area contributed by atoms with Gasteiger partial charge in [0.1, 0.15) is 11.3 Å². The van der Waals surface area contributed by atoms with Gasteiger partial charge in [0, 0.05) is 43.1 Å². The van der Waals surface area contributed by atoms with Crippen LogP contribution in [-0.4, -0.2) is 53.5 Å². The van der Waals surface area contributed by atoms with E-state index in [1.807, 2.05) is 18.9 Å². The molecule has 3 heterocycles. The Bertz CT molecular complexity index is 981. The van der Waals surface area contributed by atoms with Crippen LogP contribution in [0.15, 0.2) is 27.4 Å². The minimum Gasteiger partial charge on any atom is -0.508 e. The average Bonchev–Trinajstić information content (AvgIpc) is 2.73. The van der Waals surface area contributed by atoms with Gasteiger partial charge in [-0.25, -0.2) is 4.79 Å². The SMILES string of the molecule is Cc1c(CCC(=O)N(C)C[C@@H]2CCCN3CCCC[C@H]23)c(=O)oc2cc(O)ccc12. The molecule has 1 N–H and O–H groups in total. The van der Waals surface area contributed by atoms with Crippen molar-refractivity contribution in [2.45, 2.75) is 57.9 Å². The molecular weight excluding hydrogens is 380 g/mol. The predicted molar refractivity (Wildman–Crippen MR) is 117 cm³/mol. The van der Waals surface area contributed by atoms with Gasteiger partial charge >= 0.3 is 5.63 Å². The fourth-order valence-corrected chi connectivity index (χ4v) is 5.34. The Hall–Kier alpha value is -2.34. The first kappa shape index (κ1) is 20.9. The number of aromatic hydroxyl groups is 1. The highest BCUT2D eigenvalue weighted by Gasteiger charge is 2.34. The molecule has 1 amide bonds. The molecule has 0 aliphatic carbocycles. The molecule has 1 aromatic heterocycles. The van der Waals surface area contributed by atoms with Crippen LogP contribution in [0.3, 0.4) is 0 Å². The second-order valence-corrected chi connectivity index (χ2v) is 8.95. The number of nitrogens with zero attached hydrogens (tertiary/aromatic N) is 2. The highest BCUT2D eigenvalue weighted by Crippen LogP contribution is 2.31. The molecule has 0 saturated carbocycles. The third kappa shape index (κ3) is 4.24. The van der Waals surface area contributed by atoms with E-state index in [4.69, 9.17) is 4.42 Å². The Kier molecular flexibility index (Phi) is 6.14. The number of carbonyl (C=O) groups excluding carboxylic acids is 1. The van der Waals surface area contributed by atoms with E-state index < -0.39 is 5.63 Å². The molecule has 2 aliphatic heterocycles. The Balaban J connectivity index is 1.40. The van der Waals surface area contributed by atoms with Gasteiger partial charge < -0.3 is 19.3 Å². The number of phenolic OH excluding ortho intramolecular Hbond substituents is 1. The summed E-state index contributed by atoms with van der Waals surface area (Å²) in [6, 6.07) is 5.40. The van der Waals surface area contributed by atoms with Crippen molar-refractivity contribution in [1.29, 1.82) is 0 Å². The molecule has 2 atom stereocenters. The van der Waals surface area contributed by atoms with Crippen LogP contribution in [0.4, 0.5) is 0 Å². The zero-order valence-electron chi connectivity index (χ0n) is 18.0. The molecule has 0 spiro atoms. The summed E-state index contributed by atoms with van der Waals surface area (Å²) in [5.41, 5.74) is 1.32. The first-order valence-electron chi connectivity index (χ1n) is 11.2. The number of rotatable bonds is 5. The lowest BCUT2D eigenvalue weighted by atomic mass is 9.83. The van der Waals surface area contributed by atoms with Gasteiger partial charge in [-0.15, -0.1) is 0 Å². The number of hydrogen-bond donors (Lipinski definition) is 1. The summed E-state index contributed by atoms with van der Waals surface area (Å²) < 4.78 is 5.38. The van der Waals surface area contributed by atoms with Crippen LogP contribution in [0.2, 0.25) is 0 Å². The van der Waals surface area contributed by atoms with Crippen molar-refractivity contribution < 1.29 is 14.3 Å². The van der Waals surface area contributed by atoms with Crippen LogP contribution in [-0.2, 0) is 11.2 Å². The highest BCUT2D eigenvalue weighted by molar-refractivity contribution is 5.82.